The Balaban J connectivity index is -0.0000000910. The maximum absolute atomic E-state index is 8.89. The Morgan fingerprint density at radius 1 is 1.30 bits per heavy atom. The van der Waals surface area contributed by atoms with Crippen LogP contribution in [-0.4, -0.2) is 18.4 Å². The molecule has 0 unspecified atom stereocenters. The summed E-state index contributed by atoms with van der Waals surface area (Å²) >= 11 is 3.24. The molecule has 0 fully saturated rings. The van der Waals surface area contributed by atoms with Gasteiger partial charge in [0.2, 0.25) is 0 Å². The van der Waals surface area contributed by atoms with E-state index in [1.54, 1.807) is 0 Å². The molecule has 64 valence electrons. The largest absolute Gasteiger partial charge is 3.00 e. The molecule has 0 atom stereocenters. The molecule has 7 nitrogen and oxygen atoms in total. The van der Waals surface area contributed by atoms with Crippen molar-refractivity contribution in [2.24, 2.45) is 0 Å². The first-order valence-corrected chi connectivity index (χ1v) is 3.55. The molecule has 0 N–H and O–H groups in total. The van der Waals surface area contributed by atoms with Crippen LogP contribution in [0.25, 0.3) is 0 Å². The minimum atomic E-state index is -4.33. The van der Waals surface area contributed by atoms with E-state index in [-0.39, 0.29) is 22.4 Å². The van der Waals surface area contributed by atoms with Crippen LogP contribution in [-0.2, 0) is 42.6 Å². The van der Waals surface area contributed by atoms with E-state index in [0.29, 0.717) is 0 Å². The Labute approximate surface area is 76.4 Å². The summed E-state index contributed by atoms with van der Waals surface area (Å²) in [5.74, 6) is 0. The molecule has 0 amide bonds. The van der Waals surface area contributed by atoms with Crippen LogP contribution >= 0.6 is 0 Å². The van der Waals surface area contributed by atoms with E-state index >= 15 is 0 Å². The van der Waals surface area contributed by atoms with Gasteiger partial charge in [-0.15, -0.1) is 9.05 Å². The summed E-state index contributed by atoms with van der Waals surface area (Å²) in [5.41, 5.74) is 0. The van der Waals surface area contributed by atoms with Gasteiger partial charge in [-0.2, -0.15) is 0 Å². The van der Waals surface area contributed by atoms with Gasteiger partial charge in [0.1, 0.15) is 0 Å². The van der Waals surface area contributed by atoms with Crippen molar-refractivity contribution in [3.63, 3.8) is 0 Å². The van der Waals surface area contributed by atoms with E-state index in [1.165, 1.54) is 0 Å². The fourth-order valence-electron chi connectivity index (χ4n) is 0. The van der Waals surface area contributed by atoms with Crippen molar-refractivity contribution in [3.05, 3.63) is 15.3 Å². The van der Waals surface area contributed by atoms with Crippen LogP contribution in [0.4, 0.5) is 0 Å². The first kappa shape index (κ1) is 16.7. The Morgan fingerprint density at radius 2 is 1.30 bits per heavy atom. The quantitative estimate of drug-likeness (QED) is 0.308. The zero-order valence-corrected chi connectivity index (χ0v) is 7.13. The van der Waals surface area contributed by atoms with Crippen molar-refractivity contribution in [3.8, 4) is 0 Å². The van der Waals surface area contributed by atoms with Crippen molar-refractivity contribution >= 4 is 20.2 Å². The third kappa shape index (κ3) is 8110. The van der Waals surface area contributed by atoms with Crippen LogP contribution in [0.1, 0.15) is 0 Å². The van der Waals surface area contributed by atoms with Crippen LogP contribution in [0.5, 0.6) is 0 Å². The van der Waals surface area contributed by atoms with Gasteiger partial charge >= 0.3 is 22.4 Å². The van der Waals surface area contributed by atoms with Crippen LogP contribution in [0.2, 0.25) is 0 Å². The summed E-state index contributed by atoms with van der Waals surface area (Å²) in [6.07, 6.45) is 0. The molecule has 0 aromatic carbocycles. The van der Waals surface area contributed by atoms with Gasteiger partial charge in [0.15, 0.2) is 0 Å². The van der Waals surface area contributed by atoms with Gasteiger partial charge < -0.3 is 24.4 Å². The summed E-state index contributed by atoms with van der Waals surface area (Å²) in [5, 5.41) is 14.8. The summed E-state index contributed by atoms with van der Waals surface area (Å²) in [6.45, 7) is 0. The molecule has 0 saturated heterocycles. The summed E-state index contributed by atoms with van der Waals surface area (Å²) in [4.78, 5) is 8.25. The zero-order chi connectivity index (χ0) is 8.08. The second-order valence-electron chi connectivity index (χ2n) is 0.632. The third-order valence-electron chi connectivity index (χ3n) is 0. The van der Waals surface area contributed by atoms with Crippen LogP contribution in [0.15, 0.2) is 0 Å². The van der Waals surface area contributed by atoms with Crippen LogP contribution in [0, 0.1) is 15.3 Å². The second kappa shape index (κ2) is 7.34. The minimum absolute atomic E-state index is 0. The maximum Gasteiger partial charge on any atom is 3.00 e. The molecular weight excluding hydrogens is 282 g/mol. The van der Waals surface area contributed by atoms with E-state index in [0.717, 1.165) is 0 Å². The molecular formula is AgNO6S2. The average Bonchev–Trinajstić information content (AvgIpc) is 1.19. The number of hydrogen-bond donors (Lipinski definition) is 0. The van der Waals surface area contributed by atoms with E-state index in [4.69, 9.17) is 28.6 Å². The molecule has 0 heterocycles. The minimum Gasteiger partial charge on any atom is -0.780 e. The van der Waals surface area contributed by atoms with Gasteiger partial charge in [-0.25, -0.2) is 0 Å². The van der Waals surface area contributed by atoms with Gasteiger partial charge in [-0.1, -0.05) is 0 Å². The maximum atomic E-state index is 8.89. The molecule has 0 aliphatic carbocycles. The Kier molecular flexibility index (Phi) is 12.2. The smallest absolute Gasteiger partial charge is 0.780 e. The topological polar surface area (TPSA) is 129 Å². The molecule has 0 aromatic rings. The van der Waals surface area contributed by atoms with Crippen molar-refractivity contribution < 1.29 is 40.8 Å². The van der Waals surface area contributed by atoms with Gasteiger partial charge in [0.25, 0.3) is 0 Å². The first-order chi connectivity index (χ1) is 3.73. The number of nitrogens with zero attached hydrogens (tertiary/aromatic N) is 1. The van der Waals surface area contributed by atoms with Crippen molar-refractivity contribution in [1.82, 2.24) is 0 Å². The second-order valence-corrected chi connectivity index (χ2v) is 2.67. The third-order valence-corrected chi connectivity index (χ3v) is 0. The molecule has 0 aromatic heterocycles. The molecule has 0 saturated carbocycles. The van der Waals surface area contributed by atoms with Gasteiger partial charge in [0, 0.05) is 0 Å². The predicted octanol–water partition coefficient (Wildman–Crippen LogP) is -1.25. The summed E-state index contributed by atoms with van der Waals surface area (Å²) in [6, 6.07) is 0. The molecule has 0 bridgehead atoms. The Hall–Kier alpha value is 0.230. The predicted molar refractivity (Wildman–Crippen MR) is 27.4 cm³/mol. The van der Waals surface area contributed by atoms with E-state index in [2.05, 4.69) is 11.2 Å². The molecule has 0 aliphatic heterocycles. The molecule has 10 heavy (non-hydrogen) atoms. The van der Waals surface area contributed by atoms with Gasteiger partial charge in [-0.05, 0) is 11.2 Å². The van der Waals surface area contributed by atoms with E-state index in [9.17, 15) is 0 Å². The van der Waals surface area contributed by atoms with E-state index in [1.807, 2.05) is 0 Å². The van der Waals surface area contributed by atoms with Crippen molar-refractivity contribution in [1.29, 1.82) is 0 Å². The summed E-state index contributed by atoms with van der Waals surface area (Å²) in [7, 11) is -4.33. The van der Waals surface area contributed by atoms with Gasteiger partial charge in [-0.3, -0.25) is 4.21 Å². The van der Waals surface area contributed by atoms with Crippen LogP contribution < -0.4 is 0 Å². The fraction of sp³-hybridized carbons (Fsp3) is 0. The van der Waals surface area contributed by atoms with Crippen molar-refractivity contribution in [2.45, 2.75) is 0 Å². The van der Waals surface area contributed by atoms with Crippen molar-refractivity contribution in [2.75, 3.05) is 0 Å². The molecule has 0 rings (SSSR count). The average molecular weight is 282 g/mol. The van der Waals surface area contributed by atoms with Gasteiger partial charge in [0.05, 0.1) is 5.09 Å². The Morgan fingerprint density at radius 3 is 1.30 bits per heavy atom. The SMILES string of the molecule is O=S([O-])([O-])=S.O=[N+]([O-])[O-].[Ag+3]. The molecule has 0 radical (unpaired) electrons. The standard InChI is InChI=1S/Ag.NO3.H2O3S2/c;2-1(3)4;1-5(2,3)4/h;;(H2,1,2,3,4)/q+3;-1;/p-2. The normalized spacial score (nSPS) is 8.20. The number of hydrogen-bond acceptors (Lipinski definition) is 7. The monoisotopic (exact) mass is 281 g/mol. The molecule has 0 aliphatic rings. The number of rotatable bonds is 0. The molecule has 10 heteroatoms. The first-order valence-electron chi connectivity index (χ1n) is 1.21. The van der Waals surface area contributed by atoms with Crippen LogP contribution in [0.3, 0.4) is 0 Å². The fourth-order valence-corrected chi connectivity index (χ4v) is 0. The Bertz CT molecular complexity index is 158. The zero-order valence-electron chi connectivity index (χ0n) is 4.01. The summed E-state index contributed by atoms with van der Waals surface area (Å²) < 4.78 is 26.7. The molecule has 0 spiro atoms. The van der Waals surface area contributed by atoms with E-state index < -0.39 is 14.1 Å².